The van der Waals surface area contributed by atoms with Crippen LogP contribution in [0.2, 0.25) is 0 Å². The fourth-order valence-corrected chi connectivity index (χ4v) is 20.5. The molecule has 0 amide bonds. The van der Waals surface area contributed by atoms with Crippen LogP contribution in [0.5, 0.6) is 11.5 Å². The highest BCUT2D eigenvalue weighted by Gasteiger charge is 2.54. The van der Waals surface area contributed by atoms with E-state index in [1.807, 2.05) is 52.0 Å². The summed E-state index contributed by atoms with van der Waals surface area (Å²) in [6.07, 6.45) is 3.74. The van der Waals surface area contributed by atoms with E-state index in [1.54, 1.807) is 46.2 Å². The molecule has 2 aliphatic heterocycles. The number of thiophene rings is 5. The van der Waals surface area contributed by atoms with Gasteiger partial charge in [-0.15, -0.1) is 56.7 Å². The summed E-state index contributed by atoms with van der Waals surface area (Å²) < 4.78 is 79.0. The molecule has 0 fully saturated rings. The van der Waals surface area contributed by atoms with Crippen LogP contribution in [0.4, 0.5) is 17.6 Å². The summed E-state index contributed by atoms with van der Waals surface area (Å²) in [4.78, 5) is 40.5. The van der Waals surface area contributed by atoms with E-state index in [2.05, 4.69) is 107 Å². The lowest BCUT2D eigenvalue weighted by atomic mass is 9.76. The van der Waals surface area contributed by atoms with Crippen molar-refractivity contribution in [3.05, 3.63) is 294 Å². The van der Waals surface area contributed by atoms with Gasteiger partial charge in [-0.25, -0.2) is 34.2 Å². The van der Waals surface area contributed by atoms with Gasteiger partial charge in [-0.2, -0.15) is 5.26 Å². The molecule has 0 N–H and O–H groups in total. The van der Waals surface area contributed by atoms with Crippen molar-refractivity contribution in [2.75, 3.05) is 0 Å². The monoisotopic (exact) mass is 1300 g/mol. The fourth-order valence-electron chi connectivity index (χ4n) is 13.8. The normalized spacial score (nSPS) is 17.8. The van der Waals surface area contributed by atoms with Crippen LogP contribution in [0.25, 0.3) is 67.1 Å². The van der Waals surface area contributed by atoms with Gasteiger partial charge in [0.15, 0.2) is 63.6 Å². The molecule has 16 rings (SSSR count). The third-order valence-electron chi connectivity index (χ3n) is 18.1. The Hall–Kier alpha value is -10.1. The zero-order chi connectivity index (χ0) is 63.5. The Balaban J connectivity index is 0.923. The molecule has 0 saturated carbocycles. The summed E-state index contributed by atoms with van der Waals surface area (Å²) in [6.45, 7) is 24.0. The number of fused-ring (bicyclic) bond motifs is 14. The number of nitrogens with zero attached hydrogens (tertiary/aromatic N) is 4. The van der Waals surface area contributed by atoms with E-state index in [-0.39, 0.29) is 39.0 Å². The largest absolute Gasteiger partial charge is 0.470 e. The van der Waals surface area contributed by atoms with E-state index in [4.69, 9.17) is 22.6 Å². The molecule has 0 spiro atoms. The predicted molar refractivity (Wildman–Crippen MR) is 355 cm³/mol. The zero-order valence-corrected chi connectivity index (χ0v) is 52.8. The van der Waals surface area contributed by atoms with Crippen LogP contribution in [0.3, 0.4) is 0 Å². The smallest absolute Gasteiger partial charge is 0.318 e. The van der Waals surface area contributed by atoms with Gasteiger partial charge in [0.2, 0.25) is 0 Å². The summed E-state index contributed by atoms with van der Waals surface area (Å²) in [5.41, 5.74) is 8.37. The molecule has 5 aromatic heterocycles. The first-order valence-corrected chi connectivity index (χ1v) is 33.0. The number of Topliss-reactive ketones (excluding diaryl/α,β-unsaturated/α-hetero) is 2. The third kappa shape index (κ3) is 8.10. The average Bonchev–Trinajstić information content (AvgIpc) is 1.50. The summed E-state index contributed by atoms with van der Waals surface area (Å²) in [5.74, 6) is -5.74. The lowest BCUT2D eigenvalue weighted by Crippen LogP contribution is -2.38. The first-order valence-electron chi connectivity index (χ1n) is 29.0. The van der Waals surface area contributed by atoms with Crippen LogP contribution in [-0.4, -0.2) is 17.6 Å². The summed E-state index contributed by atoms with van der Waals surface area (Å²) >= 11 is 7.66. The van der Waals surface area contributed by atoms with Crippen molar-refractivity contribution in [2.24, 2.45) is 0 Å². The maximum Gasteiger partial charge on any atom is 0.318 e. The maximum atomic E-state index is 14.9. The van der Waals surface area contributed by atoms with Gasteiger partial charge in [0.25, 0.3) is 5.70 Å². The molecule has 0 radical (unpaired) electrons. The number of hydrogen-bond donors (Lipinski definition) is 0. The van der Waals surface area contributed by atoms with Crippen LogP contribution < -0.4 is 9.47 Å². The van der Waals surface area contributed by atoms with Crippen molar-refractivity contribution in [3.8, 4) is 33.4 Å². The number of hydrogen-bond acceptors (Lipinski definition) is 11. The molecule has 2 unspecified atom stereocenters. The van der Waals surface area contributed by atoms with Crippen LogP contribution in [0.15, 0.2) is 150 Å². The van der Waals surface area contributed by atoms with Crippen LogP contribution >= 0.6 is 56.7 Å². The lowest BCUT2D eigenvalue weighted by molar-refractivity contribution is 0.103. The minimum atomic E-state index is -1.38. The minimum Gasteiger partial charge on any atom is -0.470 e. The van der Waals surface area contributed by atoms with Gasteiger partial charge in [0.1, 0.15) is 5.92 Å². The van der Waals surface area contributed by atoms with Gasteiger partial charge in [0, 0.05) is 87.0 Å². The summed E-state index contributed by atoms with van der Waals surface area (Å²) in [6, 6.07) is 43.3. The molecule has 11 aromatic rings. The van der Waals surface area contributed by atoms with Crippen molar-refractivity contribution in [3.63, 3.8) is 0 Å². The molecule has 17 heteroatoms. The Kier molecular flexibility index (Phi) is 12.9. The number of halogens is 4. The van der Waals surface area contributed by atoms with Crippen molar-refractivity contribution in [2.45, 2.75) is 57.3 Å². The molecule has 442 valence electrons. The van der Waals surface area contributed by atoms with Gasteiger partial charge in [0.05, 0.1) is 41.4 Å². The summed E-state index contributed by atoms with van der Waals surface area (Å²) in [7, 11) is 0. The molecule has 3 aliphatic carbocycles. The Morgan fingerprint density at radius 3 is 1.67 bits per heavy atom. The Morgan fingerprint density at radius 1 is 0.587 bits per heavy atom. The van der Waals surface area contributed by atoms with Crippen molar-refractivity contribution < 1.29 is 36.6 Å². The molecule has 7 heterocycles. The van der Waals surface area contributed by atoms with Gasteiger partial charge in [-0.1, -0.05) is 119 Å². The molecule has 8 nitrogen and oxygen atoms in total. The standard InChI is InChI=1S/C75H40F4N4O4S5/c1-34-7-15-39(16-8-34)74(40-17-9-35(2)10-18-40)61-51(24-38-23-43(88-67(38)61)25-49-59(56(32-80)82-5)45-28-52(76)54(78)30-47(45)63(49)84)68-65(86-74)72-73(91-68)66-71(92-72)70-62(75(87-66,41-19-11-36(3)12-20-41)42-21-13-37(4)14-22-42)69-58(90-70)27-44(89-69)26-50-60(57(33-81)83-6)46-29-53(77)55(79)31-48(46)64(50)85/h7-23,25-31,57,60H,24H2,1-4H3/b49-25+,50-26+,59-56+. The lowest BCUT2D eigenvalue weighted by Gasteiger charge is -2.40. The Bertz CT molecular complexity index is 5390. The molecule has 6 aromatic carbocycles. The van der Waals surface area contributed by atoms with E-state index >= 15 is 0 Å². The zero-order valence-electron chi connectivity index (χ0n) is 48.7. The summed E-state index contributed by atoms with van der Waals surface area (Å²) in [5, 5.41) is 20.4. The number of ether oxygens (including phenoxy) is 2. The minimum absolute atomic E-state index is 0.00961. The van der Waals surface area contributed by atoms with E-state index in [0.717, 1.165) is 129 Å². The van der Waals surface area contributed by atoms with E-state index in [1.165, 1.54) is 22.7 Å². The number of benzene rings is 6. The maximum absolute atomic E-state index is 14.9. The molecule has 2 atom stereocenters. The van der Waals surface area contributed by atoms with Gasteiger partial charge < -0.3 is 9.47 Å². The van der Waals surface area contributed by atoms with Gasteiger partial charge >= 0.3 is 6.04 Å². The quantitative estimate of drug-likeness (QED) is 0.0681. The first kappa shape index (κ1) is 57.1. The number of carbonyl (C=O) groups excluding carboxylic acids is 2. The highest BCUT2D eigenvalue weighted by atomic mass is 32.1. The SMILES string of the molecule is [C-]#[N+]/C(C#N)=C1/C(=C\c2cc3c(s2)C2=C(C3)c3sc4c5c(sc4c3OC2(c2ccc(C)cc2)c2ccc(C)cc2)-c2sc3cc(/C=C4/C(=O)c6cc(F)c(F)cc6C4C(C#N)[N+]#[C-])sc3c2C(c2ccc(C)cc2)(c2ccc(C)cc2)O5)C(=O)c2cc(F)c(F)cc21. The second kappa shape index (κ2) is 20.7. The number of carbonyl (C=O) groups is 2. The highest BCUT2D eigenvalue weighted by Crippen LogP contribution is 2.69. The molecule has 5 aliphatic rings. The highest BCUT2D eigenvalue weighted by molar-refractivity contribution is 7.35. The Morgan fingerprint density at radius 2 is 1.11 bits per heavy atom. The second-order valence-electron chi connectivity index (χ2n) is 23.5. The van der Waals surface area contributed by atoms with E-state index in [0.29, 0.717) is 27.7 Å². The number of aryl methyl sites for hydroxylation is 4. The van der Waals surface area contributed by atoms with Crippen LogP contribution in [0, 0.1) is 86.8 Å². The molecule has 0 saturated heterocycles. The second-order valence-corrected chi connectivity index (χ2v) is 28.8. The van der Waals surface area contributed by atoms with E-state index < -0.39 is 63.7 Å². The molecule has 92 heavy (non-hydrogen) atoms. The first-order chi connectivity index (χ1) is 44.5. The van der Waals surface area contributed by atoms with Crippen LogP contribution in [0.1, 0.15) is 113 Å². The number of nitriles is 2. The number of ketones is 2. The number of rotatable bonds is 7. The topological polar surface area (TPSA) is 109 Å². The fraction of sp³-hybridized carbons (Fsp3) is 0.120. The number of allylic oxidation sites excluding steroid dienone is 4. The van der Waals surface area contributed by atoms with Gasteiger partial charge in [-0.3, -0.25) is 14.4 Å². The molecular formula is C75H40F4N4O4S5. The third-order valence-corrected chi connectivity index (χ3v) is 24.3. The van der Waals surface area contributed by atoms with Crippen LogP contribution in [-0.2, 0) is 17.6 Å². The van der Waals surface area contributed by atoms with Gasteiger partial charge in [-0.05, 0) is 98.5 Å². The van der Waals surface area contributed by atoms with Crippen molar-refractivity contribution in [1.29, 1.82) is 10.5 Å². The molecule has 0 bridgehead atoms. The van der Waals surface area contributed by atoms with Crippen molar-refractivity contribution >= 4 is 116 Å². The predicted octanol–water partition coefficient (Wildman–Crippen LogP) is 19.9. The molecular weight excluding hydrogens is 1260 g/mol. The Labute approximate surface area is 543 Å². The van der Waals surface area contributed by atoms with Crippen molar-refractivity contribution in [1.82, 2.24) is 0 Å². The van der Waals surface area contributed by atoms with E-state index in [9.17, 15) is 37.7 Å². The average molecular weight is 1300 g/mol.